The molecule has 0 aromatic heterocycles. The first-order valence-electron chi connectivity index (χ1n) is 11.3. The summed E-state index contributed by atoms with van der Waals surface area (Å²) >= 11 is 0. The number of rotatable bonds is 5. The Labute approximate surface area is 174 Å². The van der Waals surface area contributed by atoms with Crippen LogP contribution in [-0.4, -0.2) is 28.7 Å². The van der Waals surface area contributed by atoms with Crippen molar-refractivity contribution in [2.24, 2.45) is 0 Å². The fraction of sp³-hybridized carbons (Fsp3) is 0.462. The maximum absolute atomic E-state index is 13.9. The predicted molar refractivity (Wildman–Crippen MR) is 116 cm³/mol. The minimum absolute atomic E-state index is 0.0590. The number of nitrogens with zero attached hydrogens (tertiary/aromatic N) is 1. The van der Waals surface area contributed by atoms with Crippen molar-refractivity contribution in [3.05, 3.63) is 71.3 Å². The first kappa shape index (κ1) is 19.9. The quantitative estimate of drug-likeness (QED) is 0.586. The second-order valence-corrected chi connectivity index (χ2v) is 8.54. The van der Waals surface area contributed by atoms with Crippen molar-refractivity contribution in [3.63, 3.8) is 0 Å². The molecule has 0 atom stereocenters. The Kier molecular flexibility index (Phi) is 6.43. The minimum Gasteiger partial charge on any atom is -0.333 e. The highest BCUT2D eigenvalue weighted by atomic mass is 16.2. The third-order valence-electron chi connectivity index (χ3n) is 6.61. The summed E-state index contributed by atoms with van der Waals surface area (Å²) < 4.78 is 0. The molecule has 29 heavy (non-hydrogen) atoms. The first-order valence-corrected chi connectivity index (χ1v) is 11.3. The predicted octanol–water partition coefficient (Wildman–Crippen LogP) is 6.03. The Hall–Kier alpha value is -2.42. The van der Waals surface area contributed by atoms with Crippen LogP contribution in [0.5, 0.6) is 0 Å². The van der Waals surface area contributed by atoms with E-state index in [2.05, 4.69) is 4.90 Å². The van der Waals surface area contributed by atoms with E-state index in [1.807, 2.05) is 54.6 Å². The molecule has 3 nitrogen and oxygen atoms in total. The fourth-order valence-corrected chi connectivity index (χ4v) is 5.10. The van der Waals surface area contributed by atoms with Crippen LogP contribution >= 0.6 is 0 Å². The molecule has 0 N–H and O–H groups in total. The summed E-state index contributed by atoms with van der Waals surface area (Å²) in [5, 5.41) is 0. The van der Waals surface area contributed by atoms with E-state index in [1.165, 1.54) is 38.5 Å². The van der Waals surface area contributed by atoms with E-state index in [4.69, 9.17) is 0 Å². The van der Waals surface area contributed by atoms with Gasteiger partial charge < -0.3 is 4.90 Å². The minimum atomic E-state index is -0.0678. The molecule has 152 valence electrons. The van der Waals surface area contributed by atoms with Gasteiger partial charge in [-0.05, 0) is 31.7 Å². The van der Waals surface area contributed by atoms with Crippen LogP contribution in [0.25, 0.3) is 0 Å². The molecule has 2 saturated carbocycles. The largest absolute Gasteiger partial charge is 0.333 e. The number of hydrogen-bond donors (Lipinski definition) is 0. The van der Waals surface area contributed by atoms with Gasteiger partial charge in [-0.3, -0.25) is 9.59 Å². The summed E-state index contributed by atoms with van der Waals surface area (Å²) in [6.45, 7) is 0. The lowest BCUT2D eigenvalue weighted by Crippen LogP contribution is -2.49. The third-order valence-corrected chi connectivity index (χ3v) is 6.61. The summed E-state index contributed by atoms with van der Waals surface area (Å²) in [6.07, 6.45) is 11.7. The maximum atomic E-state index is 13.9. The zero-order chi connectivity index (χ0) is 20.1. The average Bonchev–Trinajstić information content (AvgIpc) is 2.81. The lowest BCUT2D eigenvalue weighted by Gasteiger charge is -2.42. The Balaban J connectivity index is 1.68. The SMILES string of the molecule is O=C(c1ccccc1)c1ccccc1C(=O)N(C1CCCCC1)C1CCCCC1. The molecule has 4 rings (SSSR count). The van der Waals surface area contributed by atoms with Gasteiger partial charge in [0.1, 0.15) is 0 Å². The Morgan fingerprint density at radius 2 is 1.10 bits per heavy atom. The fourth-order valence-electron chi connectivity index (χ4n) is 5.10. The van der Waals surface area contributed by atoms with Gasteiger partial charge in [0.05, 0.1) is 5.56 Å². The van der Waals surface area contributed by atoms with E-state index < -0.39 is 0 Å². The molecular formula is C26H31NO2. The third kappa shape index (κ3) is 4.44. The van der Waals surface area contributed by atoms with Crippen LogP contribution in [0, 0.1) is 0 Å². The molecule has 0 heterocycles. The highest BCUT2D eigenvalue weighted by molar-refractivity contribution is 6.15. The smallest absolute Gasteiger partial charge is 0.255 e. The lowest BCUT2D eigenvalue weighted by atomic mass is 9.87. The molecule has 0 spiro atoms. The van der Waals surface area contributed by atoms with Gasteiger partial charge in [0.15, 0.2) is 5.78 Å². The van der Waals surface area contributed by atoms with Crippen molar-refractivity contribution in [1.29, 1.82) is 0 Å². The van der Waals surface area contributed by atoms with Gasteiger partial charge in [-0.15, -0.1) is 0 Å². The van der Waals surface area contributed by atoms with Crippen LogP contribution in [-0.2, 0) is 0 Å². The van der Waals surface area contributed by atoms with Crippen LogP contribution in [0.15, 0.2) is 54.6 Å². The van der Waals surface area contributed by atoms with E-state index in [-0.39, 0.29) is 11.7 Å². The highest BCUT2D eigenvalue weighted by Gasteiger charge is 2.34. The zero-order valence-corrected chi connectivity index (χ0v) is 17.2. The van der Waals surface area contributed by atoms with Crippen LogP contribution in [0.3, 0.4) is 0 Å². The number of carbonyl (C=O) groups excluding carboxylic acids is 2. The average molecular weight is 390 g/mol. The second-order valence-electron chi connectivity index (χ2n) is 8.54. The summed E-state index contributed by atoms with van der Waals surface area (Å²) in [5.41, 5.74) is 1.73. The maximum Gasteiger partial charge on any atom is 0.255 e. The van der Waals surface area contributed by atoms with E-state index in [9.17, 15) is 9.59 Å². The molecule has 0 bridgehead atoms. The summed E-state index contributed by atoms with van der Waals surface area (Å²) in [4.78, 5) is 29.2. The first-order chi connectivity index (χ1) is 14.3. The Morgan fingerprint density at radius 1 is 0.621 bits per heavy atom. The van der Waals surface area contributed by atoms with Gasteiger partial charge in [0.2, 0.25) is 0 Å². The summed E-state index contributed by atoms with van der Waals surface area (Å²) in [5.74, 6) is -0.00882. The van der Waals surface area contributed by atoms with Gasteiger partial charge in [-0.2, -0.15) is 0 Å². The monoisotopic (exact) mass is 389 g/mol. The molecule has 0 saturated heterocycles. The van der Waals surface area contributed by atoms with E-state index in [1.54, 1.807) is 0 Å². The Bertz CT molecular complexity index is 815. The molecule has 2 aromatic rings. The van der Waals surface area contributed by atoms with Crippen LogP contribution in [0.4, 0.5) is 0 Å². The van der Waals surface area contributed by atoms with Gasteiger partial charge in [-0.25, -0.2) is 0 Å². The van der Waals surface area contributed by atoms with E-state index >= 15 is 0 Å². The molecular weight excluding hydrogens is 358 g/mol. The van der Waals surface area contributed by atoms with Crippen molar-refractivity contribution >= 4 is 11.7 Å². The molecule has 0 radical (unpaired) electrons. The van der Waals surface area contributed by atoms with E-state index in [0.717, 1.165) is 25.7 Å². The highest BCUT2D eigenvalue weighted by Crippen LogP contribution is 2.32. The lowest BCUT2D eigenvalue weighted by molar-refractivity contribution is 0.0446. The molecule has 2 fully saturated rings. The molecule has 2 aromatic carbocycles. The van der Waals surface area contributed by atoms with Crippen LogP contribution < -0.4 is 0 Å². The number of benzene rings is 2. The zero-order valence-electron chi connectivity index (χ0n) is 17.2. The normalized spacial score (nSPS) is 18.3. The van der Waals surface area contributed by atoms with Gasteiger partial charge in [-0.1, -0.05) is 87.1 Å². The van der Waals surface area contributed by atoms with Crippen LogP contribution in [0.2, 0.25) is 0 Å². The molecule has 0 aliphatic heterocycles. The molecule has 2 aliphatic carbocycles. The molecule has 2 aliphatic rings. The number of hydrogen-bond acceptors (Lipinski definition) is 2. The summed E-state index contributed by atoms with van der Waals surface area (Å²) in [7, 11) is 0. The number of ketones is 1. The van der Waals surface area contributed by atoms with Crippen molar-refractivity contribution in [1.82, 2.24) is 4.90 Å². The number of amides is 1. The molecule has 3 heteroatoms. The summed E-state index contributed by atoms with van der Waals surface area (Å²) in [6, 6.07) is 17.3. The Morgan fingerprint density at radius 3 is 1.66 bits per heavy atom. The van der Waals surface area contributed by atoms with Crippen LogP contribution in [0.1, 0.15) is 90.5 Å². The van der Waals surface area contributed by atoms with Gasteiger partial charge in [0.25, 0.3) is 5.91 Å². The van der Waals surface area contributed by atoms with Crippen molar-refractivity contribution in [2.75, 3.05) is 0 Å². The molecule has 0 unspecified atom stereocenters. The van der Waals surface area contributed by atoms with Crippen molar-refractivity contribution in [2.45, 2.75) is 76.3 Å². The second kappa shape index (κ2) is 9.39. The van der Waals surface area contributed by atoms with Crippen molar-refractivity contribution in [3.8, 4) is 0 Å². The number of carbonyl (C=O) groups is 2. The topological polar surface area (TPSA) is 37.4 Å². The van der Waals surface area contributed by atoms with Gasteiger partial charge in [0, 0.05) is 23.2 Å². The van der Waals surface area contributed by atoms with Gasteiger partial charge >= 0.3 is 0 Å². The standard InChI is InChI=1S/C26H31NO2/c28-25(20-12-4-1-5-13-20)23-18-10-11-19-24(23)26(29)27(21-14-6-2-7-15-21)22-16-8-3-9-17-22/h1,4-5,10-13,18-19,21-22H,2-3,6-9,14-17H2. The molecule has 1 amide bonds. The van der Waals surface area contributed by atoms with E-state index in [0.29, 0.717) is 28.8 Å². The van der Waals surface area contributed by atoms with Crippen molar-refractivity contribution < 1.29 is 9.59 Å².